The van der Waals surface area contributed by atoms with Crippen molar-refractivity contribution in [1.29, 1.82) is 0 Å². The molecule has 2 aromatic carbocycles. The summed E-state index contributed by atoms with van der Waals surface area (Å²) in [4.78, 5) is 18.7. The Bertz CT molecular complexity index is 973. The first-order valence-corrected chi connectivity index (χ1v) is 10.5. The maximum absolute atomic E-state index is 13.3. The number of benzene rings is 2. The van der Waals surface area contributed by atoms with E-state index in [4.69, 9.17) is 11.6 Å². The van der Waals surface area contributed by atoms with E-state index in [9.17, 15) is 4.79 Å². The number of fused-ring (bicyclic) bond motifs is 1. The van der Waals surface area contributed by atoms with Crippen molar-refractivity contribution in [3.8, 4) is 0 Å². The predicted molar refractivity (Wildman–Crippen MR) is 113 cm³/mol. The first kappa shape index (κ1) is 18.8. The van der Waals surface area contributed by atoms with Crippen molar-refractivity contribution in [1.82, 2.24) is 14.8 Å². The van der Waals surface area contributed by atoms with Crippen molar-refractivity contribution in [3.63, 3.8) is 0 Å². The summed E-state index contributed by atoms with van der Waals surface area (Å²) < 4.78 is 1.79. The second-order valence-corrected chi connectivity index (χ2v) is 8.02. The van der Waals surface area contributed by atoms with Gasteiger partial charge in [-0.05, 0) is 55.1 Å². The fourth-order valence-corrected chi connectivity index (χ4v) is 4.09. The Morgan fingerprint density at radius 3 is 2.57 bits per heavy atom. The molecule has 0 aliphatic carbocycles. The highest BCUT2D eigenvalue weighted by atomic mass is 35.5. The average Bonchev–Trinajstić information content (AvgIpc) is 3.16. The van der Waals surface area contributed by atoms with Crippen molar-refractivity contribution in [3.05, 3.63) is 65.4 Å². The van der Waals surface area contributed by atoms with Gasteiger partial charge in [-0.1, -0.05) is 23.7 Å². The van der Waals surface area contributed by atoms with Crippen LogP contribution in [0.15, 0.2) is 59.8 Å². The maximum Gasteiger partial charge on any atom is 0.232 e. The highest BCUT2D eigenvalue weighted by molar-refractivity contribution is 7.98. The summed E-state index contributed by atoms with van der Waals surface area (Å²) in [6, 6.07) is 15.0. The van der Waals surface area contributed by atoms with Crippen molar-refractivity contribution in [2.45, 2.75) is 23.9 Å². The molecule has 1 aromatic heterocycles. The van der Waals surface area contributed by atoms with Gasteiger partial charge >= 0.3 is 0 Å². The molecule has 0 radical (unpaired) electrons. The van der Waals surface area contributed by atoms with Gasteiger partial charge in [-0.15, -0.1) is 11.8 Å². The molecule has 8 heteroatoms. The van der Waals surface area contributed by atoms with E-state index < -0.39 is 0 Å². The summed E-state index contributed by atoms with van der Waals surface area (Å²) in [7, 11) is 0. The minimum atomic E-state index is -0.370. The van der Waals surface area contributed by atoms with Crippen LogP contribution in [-0.4, -0.2) is 33.0 Å². The van der Waals surface area contributed by atoms with Crippen LogP contribution in [0, 0.1) is 5.92 Å². The van der Waals surface area contributed by atoms with E-state index in [1.807, 2.05) is 13.2 Å². The smallest absolute Gasteiger partial charge is 0.232 e. The van der Waals surface area contributed by atoms with Gasteiger partial charge in [-0.3, -0.25) is 4.79 Å². The standard InChI is InChI=1S/C20H20ClN5OS/c1-12-17(19(27)25-15-7-5-14(21)6-8-15)18(26-20(24-12)22-11-23-26)13-3-9-16(28-2)10-4-13/h3-12,17-18H,1-2H3,(H,25,27)(H,22,23,24)/t12-,17+,18+/m1/s1. The Hall–Kier alpha value is -2.51. The van der Waals surface area contributed by atoms with Gasteiger partial charge in [0, 0.05) is 21.6 Å². The van der Waals surface area contributed by atoms with Crippen LogP contribution in [0.3, 0.4) is 0 Å². The van der Waals surface area contributed by atoms with Crippen LogP contribution in [-0.2, 0) is 4.79 Å². The molecule has 0 saturated heterocycles. The summed E-state index contributed by atoms with van der Waals surface area (Å²) in [6.45, 7) is 1.99. The SMILES string of the molecule is CSc1ccc([C@H]2[C@@H](C(=O)Nc3ccc(Cl)cc3)[C@@H](C)Nc3ncnn32)cc1. The number of carbonyl (C=O) groups excluding carboxylic acids is 1. The molecular weight excluding hydrogens is 394 g/mol. The van der Waals surface area contributed by atoms with Crippen LogP contribution in [0.25, 0.3) is 0 Å². The third kappa shape index (κ3) is 3.59. The lowest BCUT2D eigenvalue weighted by molar-refractivity contribution is -0.121. The molecule has 1 amide bonds. The monoisotopic (exact) mass is 413 g/mol. The van der Waals surface area contributed by atoms with Gasteiger partial charge in [0.15, 0.2) is 0 Å². The quantitative estimate of drug-likeness (QED) is 0.623. The lowest BCUT2D eigenvalue weighted by Gasteiger charge is -2.36. The molecule has 0 unspecified atom stereocenters. The average molecular weight is 414 g/mol. The number of carbonyl (C=O) groups is 1. The van der Waals surface area contributed by atoms with Gasteiger partial charge in [-0.2, -0.15) is 10.1 Å². The number of rotatable bonds is 4. The largest absolute Gasteiger partial charge is 0.351 e. The molecule has 2 N–H and O–H groups in total. The van der Waals surface area contributed by atoms with E-state index in [1.54, 1.807) is 40.7 Å². The molecule has 2 heterocycles. The molecular formula is C20H20ClN5OS. The lowest BCUT2D eigenvalue weighted by Crippen LogP contribution is -2.46. The number of nitrogens with one attached hydrogen (secondary N) is 2. The summed E-state index contributed by atoms with van der Waals surface area (Å²) in [5.41, 5.74) is 1.73. The zero-order chi connectivity index (χ0) is 19.7. The molecule has 144 valence electrons. The third-order valence-corrected chi connectivity index (χ3v) is 5.94. The van der Waals surface area contributed by atoms with Gasteiger partial charge in [-0.25, -0.2) is 4.68 Å². The number of thioether (sulfide) groups is 1. The number of aromatic nitrogens is 3. The first-order chi connectivity index (χ1) is 13.6. The highest BCUT2D eigenvalue weighted by Crippen LogP contribution is 2.37. The van der Waals surface area contributed by atoms with E-state index >= 15 is 0 Å². The molecule has 3 aromatic rings. The molecule has 1 aliphatic rings. The minimum Gasteiger partial charge on any atom is -0.351 e. The molecule has 0 fully saturated rings. The maximum atomic E-state index is 13.3. The molecule has 3 atom stereocenters. The topological polar surface area (TPSA) is 71.8 Å². The second-order valence-electron chi connectivity index (χ2n) is 6.70. The van der Waals surface area contributed by atoms with Crippen molar-refractivity contribution < 1.29 is 4.79 Å². The second kappa shape index (κ2) is 7.85. The molecule has 0 spiro atoms. The molecule has 0 saturated carbocycles. The number of hydrogen-bond acceptors (Lipinski definition) is 5. The van der Waals surface area contributed by atoms with Crippen LogP contribution in [0.1, 0.15) is 18.5 Å². The molecule has 1 aliphatic heterocycles. The van der Waals surface area contributed by atoms with Crippen molar-refractivity contribution in [2.24, 2.45) is 5.92 Å². The van der Waals surface area contributed by atoms with E-state index in [0.29, 0.717) is 16.7 Å². The van der Waals surface area contributed by atoms with Gasteiger partial charge in [0.05, 0.1) is 12.0 Å². The normalized spacial score (nSPS) is 20.9. The van der Waals surface area contributed by atoms with E-state index in [1.165, 1.54) is 11.2 Å². The minimum absolute atomic E-state index is 0.0811. The number of amides is 1. The molecule has 0 bridgehead atoms. The third-order valence-electron chi connectivity index (χ3n) is 4.94. The Balaban J connectivity index is 1.70. The Labute approximate surface area is 172 Å². The molecule has 28 heavy (non-hydrogen) atoms. The number of anilines is 2. The lowest BCUT2D eigenvalue weighted by atomic mass is 9.85. The molecule has 6 nitrogen and oxygen atoms in total. The predicted octanol–water partition coefficient (Wildman–Crippen LogP) is 4.31. The Morgan fingerprint density at radius 2 is 1.89 bits per heavy atom. The summed E-state index contributed by atoms with van der Waals surface area (Å²) in [6.07, 6.45) is 3.55. The Kier molecular flexibility index (Phi) is 5.28. The zero-order valence-electron chi connectivity index (χ0n) is 15.5. The number of nitrogens with zero attached hydrogens (tertiary/aromatic N) is 3. The van der Waals surface area contributed by atoms with Gasteiger partial charge in [0.1, 0.15) is 6.33 Å². The molecule has 4 rings (SSSR count). The van der Waals surface area contributed by atoms with Crippen LogP contribution in [0.4, 0.5) is 11.6 Å². The fraction of sp³-hybridized carbons (Fsp3) is 0.250. The van der Waals surface area contributed by atoms with Gasteiger partial charge < -0.3 is 10.6 Å². The van der Waals surface area contributed by atoms with Crippen LogP contribution in [0.2, 0.25) is 5.02 Å². The zero-order valence-corrected chi connectivity index (χ0v) is 17.0. The summed E-state index contributed by atoms with van der Waals surface area (Å²) in [5.74, 6) is 0.217. The number of halogens is 1. The van der Waals surface area contributed by atoms with Gasteiger partial charge in [0.25, 0.3) is 0 Å². The van der Waals surface area contributed by atoms with Gasteiger partial charge in [0.2, 0.25) is 11.9 Å². The highest BCUT2D eigenvalue weighted by Gasteiger charge is 2.41. The summed E-state index contributed by atoms with van der Waals surface area (Å²) in [5, 5.41) is 11.3. The van der Waals surface area contributed by atoms with Crippen LogP contribution in [0.5, 0.6) is 0 Å². The van der Waals surface area contributed by atoms with Crippen molar-refractivity contribution in [2.75, 3.05) is 16.9 Å². The fourth-order valence-electron chi connectivity index (χ4n) is 3.55. The van der Waals surface area contributed by atoms with Crippen LogP contribution >= 0.6 is 23.4 Å². The van der Waals surface area contributed by atoms with Crippen LogP contribution < -0.4 is 10.6 Å². The number of hydrogen-bond donors (Lipinski definition) is 2. The van der Waals surface area contributed by atoms with E-state index in [-0.39, 0.29) is 23.9 Å². The van der Waals surface area contributed by atoms with E-state index in [2.05, 4.69) is 45.0 Å². The Morgan fingerprint density at radius 1 is 1.18 bits per heavy atom. The van der Waals surface area contributed by atoms with Crippen molar-refractivity contribution >= 4 is 40.9 Å². The summed E-state index contributed by atoms with van der Waals surface area (Å²) >= 11 is 7.63. The first-order valence-electron chi connectivity index (χ1n) is 8.93. The van der Waals surface area contributed by atoms with E-state index in [0.717, 1.165) is 5.56 Å².